The third-order valence-electron chi connectivity index (χ3n) is 3.96. The van der Waals surface area contributed by atoms with Crippen molar-refractivity contribution in [3.8, 4) is 11.5 Å². The molecule has 1 aliphatic rings. The van der Waals surface area contributed by atoms with Crippen LogP contribution >= 0.6 is 15.9 Å². The zero-order valence-corrected chi connectivity index (χ0v) is 15.3. The predicted octanol–water partition coefficient (Wildman–Crippen LogP) is 5.04. The molecule has 0 N–H and O–H groups in total. The molecule has 0 bridgehead atoms. The highest BCUT2D eigenvalue weighted by molar-refractivity contribution is 9.10. The molecule has 0 fully saturated rings. The molecule has 2 heterocycles. The summed E-state index contributed by atoms with van der Waals surface area (Å²) in [5, 5.41) is 0. The van der Waals surface area contributed by atoms with Gasteiger partial charge in [0, 0.05) is 22.9 Å². The van der Waals surface area contributed by atoms with E-state index in [4.69, 9.17) is 9.47 Å². The van der Waals surface area contributed by atoms with Gasteiger partial charge in [0.2, 0.25) is 5.78 Å². The Balaban J connectivity index is 1.50. The van der Waals surface area contributed by atoms with Gasteiger partial charge in [0.05, 0.1) is 5.56 Å². The van der Waals surface area contributed by atoms with Crippen molar-refractivity contribution in [2.75, 3.05) is 0 Å². The van der Waals surface area contributed by atoms with Crippen LogP contribution in [0.2, 0.25) is 0 Å². The third-order valence-corrected chi connectivity index (χ3v) is 4.49. The van der Waals surface area contributed by atoms with Crippen LogP contribution in [0.15, 0.2) is 77.2 Å². The van der Waals surface area contributed by atoms with Crippen LogP contribution < -0.4 is 9.47 Å². The summed E-state index contributed by atoms with van der Waals surface area (Å²) in [5.41, 5.74) is 2.47. The van der Waals surface area contributed by atoms with Crippen molar-refractivity contribution in [1.82, 2.24) is 4.98 Å². The molecule has 0 radical (unpaired) electrons. The highest BCUT2D eigenvalue weighted by atomic mass is 79.9. The Labute approximate surface area is 159 Å². The summed E-state index contributed by atoms with van der Waals surface area (Å²) in [6.07, 6.45) is 5.06. The Kier molecular flexibility index (Phi) is 4.54. The summed E-state index contributed by atoms with van der Waals surface area (Å²) in [7, 11) is 0. The first-order valence-electron chi connectivity index (χ1n) is 8.04. The summed E-state index contributed by atoms with van der Waals surface area (Å²) in [5.74, 6) is 1.35. The Morgan fingerprint density at radius 1 is 1.04 bits per heavy atom. The molecule has 26 heavy (non-hydrogen) atoms. The van der Waals surface area contributed by atoms with E-state index in [9.17, 15) is 4.79 Å². The second-order valence-corrected chi connectivity index (χ2v) is 6.71. The standard InChI is InChI=1S/C21H14BrNO3/c22-16-3-1-15(2-4-16)13-25-17-5-6-18-19(12-17)26-20(21(18)24)11-14-7-9-23-10-8-14/h1-12H,13H2. The summed E-state index contributed by atoms with van der Waals surface area (Å²) < 4.78 is 12.6. The van der Waals surface area contributed by atoms with Crippen LogP contribution in [0.5, 0.6) is 11.5 Å². The molecule has 4 rings (SSSR count). The monoisotopic (exact) mass is 407 g/mol. The molecule has 0 atom stereocenters. The van der Waals surface area contributed by atoms with Crippen molar-refractivity contribution in [3.63, 3.8) is 0 Å². The van der Waals surface area contributed by atoms with Crippen LogP contribution in [-0.4, -0.2) is 10.8 Å². The van der Waals surface area contributed by atoms with E-state index in [1.54, 1.807) is 36.7 Å². The van der Waals surface area contributed by atoms with Crippen LogP contribution in [0.3, 0.4) is 0 Å². The largest absolute Gasteiger partial charge is 0.489 e. The average molecular weight is 408 g/mol. The van der Waals surface area contributed by atoms with Crippen molar-refractivity contribution in [1.29, 1.82) is 0 Å². The third kappa shape index (κ3) is 3.53. The maximum absolute atomic E-state index is 12.5. The van der Waals surface area contributed by atoms with Gasteiger partial charge in [-0.2, -0.15) is 0 Å². The number of Topliss-reactive ketones (excluding diaryl/α,β-unsaturated/α-hetero) is 1. The molecule has 0 spiro atoms. The van der Waals surface area contributed by atoms with Crippen molar-refractivity contribution >= 4 is 27.8 Å². The number of benzene rings is 2. The van der Waals surface area contributed by atoms with E-state index in [-0.39, 0.29) is 5.78 Å². The number of ketones is 1. The molecule has 128 valence electrons. The summed E-state index contributed by atoms with van der Waals surface area (Å²) in [6, 6.07) is 16.8. The van der Waals surface area contributed by atoms with Crippen molar-refractivity contribution in [2.45, 2.75) is 6.61 Å². The fourth-order valence-electron chi connectivity index (χ4n) is 2.62. The second kappa shape index (κ2) is 7.14. The molecule has 0 unspecified atom stereocenters. The number of allylic oxidation sites excluding steroid dienone is 1. The number of carbonyl (C=O) groups is 1. The van der Waals surface area contributed by atoms with Gasteiger partial charge in [-0.05, 0) is 53.6 Å². The molecule has 4 nitrogen and oxygen atoms in total. The molecule has 1 aromatic heterocycles. The summed E-state index contributed by atoms with van der Waals surface area (Å²) >= 11 is 3.41. The number of ether oxygens (including phenoxy) is 2. The number of fused-ring (bicyclic) bond motifs is 1. The zero-order valence-electron chi connectivity index (χ0n) is 13.7. The SMILES string of the molecule is O=C1C(=Cc2ccncc2)Oc2cc(OCc3ccc(Br)cc3)ccc21. The van der Waals surface area contributed by atoms with Crippen LogP contribution in [0.25, 0.3) is 6.08 Å². The lowest BCUT2D eigenvalue weighted by molar-refractivity contribution is 0.101. The van der Waals surface area contributed by atoms with Crippen molar-refractivity contribution in [2.24, 2.45) is 0 Å². The van der Waals surface area contributed by atoms with Gasteiger partial charge < -0.3 is 9.47 Å². The Morgan fingerprint density at radius 2 is 1.81 bits per heavy atom. The van der Waals surface area contributed by atoms with E-state index in [1.807, 2.05) is 36.4 Å². The van der Waals surface area contributed by atoms with Crippen LogP contribution in [0.4, 0.5) is 0 Å². The fourth-order valence-corrected chi connectivity index (χ4v) is 2.88. The lowest BCUT2D eigenvalue weighted by Gasteiger charge is -2.07. The Morgan fingerprint density at radius 3 is 2.58 bits per heavy atom. The average Bonchev–Trinajstić information content (AvgIpc) is 2.97. The normalized spacial score (nSPS) is 14.2. The quantitative estimate of drug-likeness (QED) is 0.568. The lowest BCUT2D eigenvalue weighted by Crippen LogP contribution is -1.98. The van der Waals surface area contributed by atoms with Crippen LogP contribution in [0.1, 0.15) is 21.5 Å². The van der Waals surface area contributed by atoms with Gasteiger partial charge in [-0.25, -0.2) is 0 Å². The minimum absolute atomic E-state index is 0.128. The molecule has 1 aliphatic heterocycles. The molecule has 3 aromatic rings. The first-order valence-corrected chi connectivity index (χ1v) is 8.84. The number of aromatic nitrogens is 1. The van der Waals surface area contributed by atoms with Gasteiger partial charge in [-0.3, -0.25) is 9.78 Å². The number of nitrogens with zero attached hydrogens (tertiary/aromatic N) is 1. The molecular weight excluding hydrogens is 394 g/mol. The van der Waals surface area contributed by atoms with Crippen molar-refractivity contribution < 1.29 is 14.3 Å². The molecule has 2 aromatic carbocycles. The van der Waals surface area contributed by atoms with Crippen LogP contribution in [0, 0.1) is 0 Å². The van der Waals surface area contributed by atoms with E-state index in [1.165, 1.54) is 0 Å². The molecular formula is C21H14BrNO3. The van der Waals surface area contributed by atoms with Gasteiger partial charge in [0.15, 0.2) is 5.76 Å². The highest BCUT2D eigenvalue weighted by Crippen LogP contribution is 2.35. The minimum atomic E-state index is -0.128. The zero-order chi connectivity index (χ0) is 17.9. The topological polar surface area (TPSA) is 48.4 Å². The molecule has 0 saturated heterocycles. The fraction of sp³-hybridized carbons (Fsp3) is 0.0476. The molecule has 0 amide bonds. The summed E-state index contributed by atoms with van der Waals surface area (Å²) in [6.45, 7) is 0.444. The number of pyridine rings is 1. The van der Waals surface area contributed by atoms with Crippen LogP contribution in [-0.2, 0) is 6.61 Å². The van der Waals surface area contributed by atoms with Gasteiger partial charge in [-0.1, -0.05) is 28.1 Å². The minimum Gasteiger partial charge on any atom is -0.489 e. The molecule has 0 aliphatic carbocycles. The van der Waals surface area contributed by atoms with Gasteiger partial charge in [0.1, 0.15) is 18.1 Å². The van der Waals surface area contributed by atoms with E-state index in [2.05, 4.69) is 20.9 Å². The Bertz CT molecular complexity index is 982. The molecule has 5 heteroatoms. The smallest absolute Gasteiger partial charge is 0.231 e. The number of hydrogen-bond donors (Lipinski definition) is 0. The van der Waals surface area contributed by atoms with E-state index in [0.29, 0.717) is 29.4 Å². The number of hydrogen-bond acceptors (Lipinski definition) is 4. The van der Waals surface area contributed by atoms with Gasteiger partial charge in [0.25, 0.3) is 0 Å². The number of carbonyl (C=O) groups excluding carboxylic acids is 1. The summed E-state index contributed by atoms with van der Waals surface area (Å²) in [4.78, 5) is 16.4. The van der Waals surface area contributed by atoms with E-state index >= 15 is 0 Å². The lowest BCUT2D eigenvalue weighted by atomic mass is 10.1. The first kappa shape index (κ1) is 16.5. The van der Waals surface area contributed by atoms with Gasteiger partial charge >= 0.3 is 0 Å². The molecule has 0 saturated carbocycles. The maximum atomic E-state index is 12.5. The number of rotatable bonds is 4. The second-order valence-electron chi connectivity index (χ2n) is 5.79. The van der Waals surface area contributed by atoms with E-state index in [0.717, 1.165) is 15.6 Å². The maximum Gasteiger partial charge on any atom is 0.231 e. The first-order chi connectivity index (χ1) is 12.7. The highest BCUT2D eigenvalue weighted by Gasteiger charge is 2.27. The predicted molar refractivity (Wildman–Crippen MR) is 102 cm³/mol. The van der Waals surface area contributed by atoms with E-state index < -0.39 is 0 Å². The van der Waals surface area contributed by atoms with Crippen molar-refractivity contribution in [3.05, 3.63) is 93.9 Å². The Hall–Kier alpha value is -2.92. The van der Waals surface area contributed by atoms with Gasteiger partial charge in [-0.15, -0.1) is 0 Å². The number of halogens is 1.